The average Bonchev–Trinajstić information content (AvgIpc) is 2.20. The number of hydrogen-bond acceptors (Lipinski definition) is 2. The molecule has 0 bridgehead atoms. The molecule has 1 amide bonds. The van der Waals surface area contributed by atoms with Gasteiger partial charge in [0.25, 0.3) is 0 Å². The second kappa shape index (κ2) is 4.96. The Balaban J connectivity index is 2.63. The average molecular weight is 208 g/mol. The van der Waals surface area contributed by atoms with Crippen molar-refractivity contribution in [2.75, 3.05) is 6.54 Å². The molecule has 0 aromatic heterocycles. The van der Waals surface area contributed by atoms with Crippen LogP contribution in [-0.2, 0) is 6.42 Å². The Kier molecular flexibility index (Phi) is 3.63. The first-order chi connectivity index (χ1) is 7.13. The highest BCUT2D eigenvalue weighted by atomic mass is 19.1. The van der Waals surface area contributed by atoms with Gasteiger partial charge in [0.05, 0.1) is 11.6 Å². The van der Waals surface area contributed by atoms with Crippen LogP contribution in [-0.4, -0.2) is 17.7 Å². The zero-order valence-corrected chi connectivity index (χ0v) is 7.83. The van der Waals surface area contributed by atoms with E-state index in [1.54, 1.807) is 0 Å². The number of halogens is 1. The summed E-state index contributed by atoms with van der Waals surface area (Å²) in [6.07, 6.45) is -0.867. The van der Waals surface area contributed by atoms with E-state index in [0.717, 1.165) is 6.07 Å². The van der Waals surface area contributed by atoms with E-state index in [1.165, 1.54) is 12.1 Å². The number of amides is 1. The van der Waals surface area contributed by atoms with Crippen LogP contribution < -0.4 is 5.32 Å². The van der Waals surface area contributed by atoms with Crippen LogP contribution in [0.3, 0.4) is 0 Å². The maximum atomic E-state index is 13.2. The molecule has 0 radical (unpaired) electrons. The molecule has 0 unspecified atom stereocenters. The van der Waals surface area contributed by atoms with E-state index in [1.807, 2.05) is 6.07 Å². The van der Waals surface area contributed by atoms with Gasteiger partial charge in [0.1, 0.15) is 5.82 Å². The number of rotatable bonds is 3. The summed E-state index contributed by atoms with van der Waals surface area (Å²) in [5, 5.41) is 18.9. The quantitative estimate of drug-likeness (QED) is 0.790. The number of nitrogens with zero attached hydrogens (tertiary/aromatic N) is 1. The largest absolute Gasteiger partial charge is 0.465 e. The fourth-order valence-electron chi connectivity index (χ4n) is 1.12. The minimum Gasteiger partial charge on any atom is -0.465 e. The van der Waals surface area contributed by atoms with Crippen molar-refractivity contribution in [3.05, 3.63) is 35.1 Å². The van der Waals surface area contributed by atoms with Gasteiger partial charge in [-0.25, -0.2) is 9.18 Å². The summed E-state index contributed by atoms with van der Waals surface area (Å²) in [6.45, 7) is 0.151. The predicted octanol–water partition coefficient (Wildman–Crippen LogP) is 1.51. The van der Waals surface area contributed by atoms with Crippen molar-refractivity contribution < 1.29 is 14.3 Å². The first-order valence-corrected chi connectivity index (χ1v) is 4.29. The lowest BCUT2D eigenvalue weighted by molar-refractivity contribution is 0.194. The van der Waals surface area contributed by atoms with Gasteiger partial charge in [0.2, 0.25) is 0 Å². The van der Waals surface area contributed by atoms with Gasteiger partial charge < -0.3 is 10.4 Å². The molecule has 5 heteroatoms. The molecule has 0 saturated heterocycles. The SMILES string of the molecule is N#Cc1ccc(CCNC(=O)O)c(F)c1. The fourth-order valence-corrected chi connectivity index (χ4v) is 1.12. The third kappa shape index (κ3) is 3.27. The van der Waals surface area contributed by atoms with E-state index in [4.69, 9.17) is 10.4 Å². The molecule has 1 aromatic carbocycles. The molecular formula is C10H9FN2O2. The number of carboxylic acid groups (broad SMARTS) is 1. The molecule has 15 heavy (non-hydrogen) atoms. The third-order valence-corrected chi connectivity index (χ3v) is 1.85. The molecular weight excluding hydrogens is 199 g/mol. The first kappa shape index (κ1) is 11.0. The van der Waals surface area contributed by atoms with Gasteiger partial charge in [0, 0.05) is 6.54 Å². The Labute approximate surface area is 86.0 Å². The van der Waals surface area contributed by atoms with E-state index in [0.29, 0.717) is 5.56 Å². The molecule has 78 valence electrons. The summed E-state index contributed by atoms with van der Waals surface area (Å²) < 4.78 is 13.2. The van der Waals surface area contributed by atoms with Crippen LogP contribution in [0.15, 0.2) is 18.2 Å². The fraction of sp³-hybridized carbons (Fsp3) is 0.200. The van der Waals surface area contributed by atoms with Gasteiger partial charge in [-0.2, -0.15) is 5.26 Å². The second-order valence-corrected chi connectivity index (χ2v) is 2.90. The van der Waals surface area contributed by atoms with Gasteiger partial charge in [-0.1, -0.05) is 6.07 Å². The number of nitrogens with one attached hydrogen (secondary N) is 1. The Bertz CT molecular complexity index is 412. The molecule has 0 fully saturated rings. The number of hydrogen-bond donors (Lipinski definition) is 2. The maximum Gasteiger partial charge on any atom is 0.404 e. The lowest BCUT2D eigenvalue weighted by atomic mass is 10.1. The van der Waals surface area contributed by atoms with Crippen molar-refractivity contribution in [1.82, 2.24) is 5.32 Å². The summed E-state index contributed by atoms with van der Waals surface area (Å²) in [5.74, 6) is -0.485. The number of carbonyl (C=O) groups is 1. The van der Waals surface area contributed by atoms with Crippen LogP contribution in [0.25, 0.3) is 0 Å². The minimum atomic E-state index is -1.14. The van der Waals surface area contributed by atoms with Crippen LogP contribution in [0.4, 0.5) is 9.18 Å². The van der Waals surface area contributed by atoms with E-state index < -0.39 is 11.9 Å². The monoisotopic (exact) mass is 208 g/mol. The summed E-state index contributed by atoms with van der Waals surface area (Å²) in [4.78, 5) is 10.1. The van der Waals surface area contributed by atoms with Crippen LogP contribution in [0.1, 0.15) is 11.1 Å². The molecule has 0 saturated carbocycles. The van der Waals surface area contributed by atoms with Crippen molar-refractivity contribution in [2.45, 2.75) is 6.42 Å². The topological polar surface area (TPSA) is 73.1 Å². The van der Waals surface area contributed by atoms with Crippen molar-refractivity contribution in [2.24, 2.45) is 0 Å². The molecule has 0 aliphatic heterocycles. The van der Waals surface area contributed by atoms with Crippen molar-refractivity contribution in [3.63, 3.8) is 0 Å². The summed E-state index contributed by atoms with van der Waals surface area (Å²) >= 11 is 0. The molecule has 0 aliphatic rings. The molecule has 1 rings (SSSR count). The predicted molar refractivity (Wildman–Crippen MR) is 50.8 cm³/mol. The second-order valence-electron chi connectivity index (χ2n) is 2.90. The zero-order chi connectivity index (χ0) is 11.3. The highest BCUT2D eigenvalue weighted by molar-refractivity contribution is 5.64. The van der Waals surface area contributed by atoms with Crippen LogP contribution in [0, 0.1) is 17.1 Å². The molecule has 2 N–H and O–H groups in total. The van der Waals surface area contributed by atoms with Crippen LogP contribution >= 0.6 is 0 Å². The van der Waals surface area contributed by atoms with Gasteiger partial charge in [-0.05, 0) is 24.1 Å². The van der Waals surface area contributed by atoms with Crippen molar-refractivity contribution in [3.8, 4) is 6.07 Å². The van der Waals surface area contributed by atoms with Gasteiger partial charge in [-0.3, -0.25) is 0 Å². The molecule has 0 aliphatic carbocycles. The zero-order valence-electron chi connectivity index (χ0n) is 7.83. The summed E-state index contributed by atoms with van der Waals surface area (Å²) in [6, 6.07) is 5.94. The maximum absolute atomic E-state index is 13.2. The van der Waals surface area contributed by atoms with Gasteiger partial charge >= 0.3 is 6.09 Å². The standard InChI is InChI=1S/C10H9FN2O2/c11-9-5-7(6-12)1-2-8(9)3-4-13-10(14)15/h1-2,5,13H,3-4H2,(H,14,15). The Morgan fingerprint density at radius 3 is 2.87 bits per heavy atom. The molecule has 0 spiro atoms. The van der Waals surface area contributed by atoms with Crippen LogP contribution in [0.2, 0.25) is 0 Å². The van der Waals surface area contributed by atoms with Crippen molar-refractivity contribution >= 4 is 6.09 Å². The van der Waals surface area contributed by atoms with Crippen LogP contribution in [0.5, 0.6) is 0 Å². The van der Waals surface area contributed by atoms with Crippen molar-refractivity contribution in [1.29, 1.82) is 5.26 Å². The summed E-state index contributed by atoms with van der Waals surface area (Å²) in [5.41, 5.74) is 0.644. The minimum absolute atomic E-state index is 0.151. The number of nitriles is 1. The van der Waals surface area contributed by atoms with Gasteiger partial charge in [0.15, 0.2) is 0 Å². The third-order valence-electron chi connectivity index (χ3n) is 1.85. The number of benzene rings is 1. The lowest BCUT2D eigenvalue weighted by Crippen LogP contribution is -2.23. The smallest absolute Gasteiger partial charge is 0.404 e. The first-order valence-electron chi connectivity index (χ1n) is 4.29. The normalized spacial score (nSPS) is 9.33. The molecule has 1 aromatic rings. The van der Waals surface area contributed by atoms with Gasteiger partial charge in [-0.15, -0.1) is 0 Å². The lowest BCUT2D eigenvalue weighted by Gasteiger charge is -2.03. The summed E-state index contributed by atoms with van der Waals surface area (Å²) in [7, 11) is 0. The molecule has 0 heterocycles. The Morgan fingerprint density at radius 2 is 2.33 bits per heavy atom. The Hall–Kier alpha value is -2.09. The molecule has 0 atom stereocenters. The van der Waals surface area contributed by atoms with E-state index in [-0.39, 0.29) is 18.5 Å². The van der Waals surface area contributed by atoms with E-state index in [9.17, 15) is 9.18 Å². The highest BCUT2D eigenvalue weighted by Crippen LogP contribution is 2.10. The van der Waals surface area contributed by atoms with E-state index in [2.05, 4.69) is 5.32 Å². The van der Waals surface area contributed by atoms with E-state index >= 15 is 0 Å². The molecule has 4 nitrogen and oxygen atoms in total. The Morgan fingerprint density at radius 1 is 1.60 bits per heavy atom. The highest BCUT2D eigenvalue weighted by Gasteiger charge is 2.03.